The Morgan fingerprint density at radius 2 is 1.82 bits per heavy atom. The maximum absolute atomic E-state index is 13.7. The third-order valence-corrected chi connectivity index (χ3v) is 7.54. The fraction of sp³-hybridized carbons (Fsp3) is 0.577. The van der Waals surface area contributed by atoms with E-state index in [9.17, 15) is 9.59 Å². The first-order valence-corrected chi connectivity index (χ1v) is 13.3. The number of hydrogen-bond donors (Lipinski definition) is 0. The third kappa shape index (κ3) is 6.70. The second kappa shape index (κ2) is 12.4. The van der Waals surface area contributed by atoms with E-state index in [-0.39, 0.29) is 18.0 Å². The van der Waals surface area contributed by atoms with Crippen LogP contribution in [0, 0.1) is 6.92 Å². The first-order chi connectivity index (χ1) is 16.0. The SMILES string of the molecule is CCCSc1nc(=O)c2c(n1CC(=O)N(CCN(CC)CC)Cc1ccc(C)cc1)CCC2. The van der Waals surface area contributed by atoms with E-state index in [4.69, 9.17) is 0 Å². The summed E-state index contributed by atoms with van der Waals surface area (Å²) in [5.41, 5.74) is 4.06. The van der Waals surface area contributed by atoms with Crippen molar-refractivity contribution in [1.82, 2.24) is 19.4 Å². The maximum Gasteiger partial charge on any atom is 0.277 e. The van der Waals surface area contributed by atoms with E-state index in [0.29, 0.717) is 18.2 Å². The van der Waals surface area contributed by atoms with E-state index in [1.165, 1.54) is 5.56 Å². The van der Waals surface area contributed by atoms with Crippen LogP contribution in [0.2, 0.25) is 0 Å². The number of aryl methyl sites for hydroxylation is 1. The average Bonchev–Trinajstić information content (AvgIpc) is 3.31. The lowest BCUT2D eigenvalue weighted by atomic mass is 10.1. The first kappa shape index (κ1) is 25.5. The predicted molar refractivity (Wildman–Crippen MR) is 136 cm³/mol. The van der Waals surface area contributed by atoms with Crippen molar-refractivity contribution < 1.29 is 4.79 Å². The molecule has 0 unspecified atom stereocenters. The van der Waals surface area contributed by atoms with Crippen molar-refractivity contribution in [3.8, 4) is 0 Å². The molecule has 180 valence electrons. The molecule has 1 aliphatic rings. The number of rotatable bonds is 12. The Hall–Kier alpha value is -2.12. The van der Waals surface area contributed by atoms with Gasteiger partial charge in [0.2, 0.25) is 5.91 Å². The van der Waals surface area contributed by atoms with Gasteiger partial charge < -0.3 is 14.4 Å². The molecule has 0 bridgehead atoms. The number of thioether (sulfide) groups is 1. The molecular formula is C26H38N4O2S. The lowest BCUT2D eigenvalue weighted by molar-refractivity contribution is -0.132. The summed E-state index contributed by atoms with van der Waals surface area (Å²) in [5, 5.41) is 0.690. The van der Waals surface area contributed by atoms with Gasteiger partial charge in [-0.1, -0.05) is 62.4 Å². The van der Waals surface area contributed by atoms with Gasteiger partial charge >= 0.3 is 0 Å². The highest BCUT2D eigenvalue weighted by Crippen LogP contribution is 2.24. The molecule has 1 aliphatic carbocycles. The van der Waals surface area contributed by atoms with E-state index < -0.39 is 0 Å². The Balaban J connectivity index is 1.86. The summed E-state index contributed by atoms with van der Waals surface area (Å²) in [6.07, 6.45) is 3.56. The molecule has 0 radical (unpaired) electrons. The number of amides is 1. The summed E-state index contributed by atoms with van der Waals surface area (Å²) < 4.78 is 2.03. The van der Waals surface area contributed by atoms with Crippen LogP contribution < -0.4 is 5.56 Å². The lowest BCUT2D eigenvalue weighted by Gasteiger charge is -2.28. The number of hydrogen-bond acceptors (Lipinski definition) is 5. The van der Waals surface area contributed by atoms with Crippen molar-refractivity contribution in [3.63, 3.8) is 0 Å². The van der Waals surface area contributed by atoms with Gasteiger partial charge in [0.15, 0.2) is 5.16 Å². The van der Waals surface area contributed by atoms with Crippen LogP contribution in [0.15, 0.2) is 34.2 Å². The van der Waals surface area contributed by atoms with Gasteiger partial charge in [0.1, 0.15) is 6.54 Å². The molecular weight excluding hydrogens is 432 g/mol. The molecule has 1 aromatic carbocycles. The highest BCUT2D eigenvalue weighted by atomic mass is 32.2. The van der Waals surface area contributed by atoms with Crippen molar-refractivity contribution in [1.29, 1.82) is 0 Å². The number of carbonyl (C=O) groups is 1. The van der Waals surface area contributed by atoms with Crippen LogP contribution in [-0.2, 0) is 30.7 Å². The van der Waals surface area contributed by atoms with Crippen LogP contribution in [0.3, 0.4) is 0 Å². The van der Waals surface area contributed by atoms with E-state index >= 15 is 0 Å². The smallest absolute Gasteiger partial charge is 0.277 e. The molecule has 33 heavy (non-hydrogen) atoms. The van der Waals surface area contributed by atoms with Gasteiger partial charge in [0.25, 0.3) is 5.56 Å². The number of benzene rings is 1. The molecule has 0 aliphatic heterocycles. The van der Waals surface area contributed by atoms with Gasteiger partial charge in [-0.15, -0.1) is 0 Å². The van der Waals surface area contributed by atoms with E-state index in [1.807, 2.05) is 9.47 Å². The lowest BCUT2D eigenvalue weighted by Crippen LogP contribution is -2.40. The molecule has 0 N–H and O–H groups in total. The Bertz CT molecular complexity index is 983. The van der Waals surface area contributed by atoms with Crippen LogP contribution in [0.1, 0.15) is 56.0 Å². The summed E-state index contributed by atoms with van der Waals surface area (Å²) in [6.45, 7) is 12.8. The summed E-state index contributed by atoms with van der Waals surface area (Å²) in [6, 6.07) is 8.41. The standard InChI is InChI=1S/C26H38N4O2S/c1-5-17-33-26-27-25(32)22-9-8-10-23(22)30(26)19-24(31)29(16-15-28(6-2)7-3)18-21-13-11-20(4)12-14-21/h11-14H,5-10,15-19H2,1-4H3. The summed E-state index contributed by atoms with van der Waals surface area (Å²) in [5.74, 6) is 0.967. The quantitative estimate of drug-likeness (QED) is 0.348. The van der Waals surface area contributed by atoms with E-state index in [2.05, 4.69) is 61.8 Å². The average molecular weight is 471 g/mol. The second-order valence-electron chi connectivity index (χ2n) is 8.74. The molecule has 2 aromatic rings. The Morgan fingerprint density at radius 3 is 2.48 bits per heavy atom. The van der Waals surface area contributed by atoms with E-state index in [0.717, 1.165) is 67.9 Å². The minimum Gasteiger partial charge on any atom is -0.336 e. The molecule has 0 spiro atoms. The first-order valence-electron chi connectivity index (χ1n) is 12.3. The van der Waals surface area contributed by atoms with Crippen molar-refractivity contribution in [2.45, 2.75) is 71.6 Å². The third-order valence-electron chi connectivity index (χ3n) is 6.36. The van der Waals surface area contributed by atoms with Gasteiger partial charge in [-0.3, -0.25) is 9.59 Å². The normalized spacial score (nSPS) is 12.9. The van der Waals surface area contributed by atoms with Crippen LogP contribution >= 0.6 is 11.8 Å². The van der Waals surface area contributed by atoms with Crippen molar-refractivity contribution in [2.75, 3.05) is 31.9 Å². The van der Waals surface area contributed by atoms with Crippen molar-refractivity contribution in [2.24, 2.45) is 0 Å². The van der Waals surface area contributed by atoms with Crippen LogP contribution in [0.5, 0.6) is 0 Å². The largest absolute Gasteiger partial charge is 0.336 e. The van der Waals surface area contributed by atoms with Gasteiger partial charge in [0.05, 0.1) is 0 Å². The van der Waals surface area contributed by atoms with Crippen LogP contribution in [-0.4, -0.2) is 57.2 Å². The van der Waals surface area contributed by atoms with Crippen LogP contribution in [0.4, 0.5) is 0 Å². The summed E-state index contributed by atoms with van der Waals surface area (Å²) >= 11 is 1.58. The minimum absolute atomic E-state index is 0.0839. The second-order valence-corrected chi connectivity index (χ2v) is 9.80. The van der Waals surface area contributed by atoms with Crippen molar-refractivity contribution >= 4 is 17.7 Å². The molecule has 0 saturated heterocycles. The van der Waals surface area contributed by atoms with Crippen molar-refractivity contribution in [3.05, 3.63) is 57.0 Å². The summed E-state index contributed by atoms with van der Waals surface area (Å²) in [7, 11) is 0. The molecule has 1 aromatic heterocycles. The number of carbonyl (C=O) groups excluding carboxylic acids is 1. The zero-order valence-electron chi connectivity index (χ0n) is 20.6. The Labute approximate surface area is 202 Å². The predicted octanol–water partition coefficient (Wildman–Crippen LogP) is 3.91. The Morgan fingerprint density at radius 1 is 1.09 bits per heavy atom. The maximum atomic E-state index is 13.7. The number of likely N-dealkylation sites (N-methyl/N-ethyl adjacent to an activating group) is 1. The van der Waals surface area contributed by atoms with Gasteiger partial charge in [0, 0.05) is 36.6 Å². The number of nitrogens with zero attached hydrogens (tertiary/aromatic N) is 4. The zero-order chi connectivity index (χ0) is 23.8. The zero-order valence-corrected chi connectivity index (χ0v) is 21.4. The minimum atomic E-state index is -0.108. The molecule has 0 saturated carbocycles. The fourth-order valence-electron chi connectivity index (χ4n) is 4.30. The van der Waals surface area contributed by atoms with Crippen LogP contribution in [0.25, 0.3) is 0 Å². The molecule has 1 heterocycles. The molecule has 3 rings (SSSR count). The topological polar surface area (TPSA) is 58.4 Å². The highest BCUT2D eigenvalue weighted by Gasteiger charge is 2.24. The fourth-order valence-corrected chi connectivity index (χ4v) is 5.16. The van der Waals surface area contributed by atoms with Gasteiger partial charge in [-0.05, 0) is 51.3 Å². The van der Waals surface area contributed by atoms with E-state index in [1.54, 1.807) is 11.8 Å². The highest BCUT2D eigenvalue weighted by molar-refractivity contribution is 7.99. The summed E-state index contributed by atoms with van der Waals surface area (Å²) in [4.78, 5) is 34.9. The number of aromatic nitrogens is 2. The monoisotopic (exact) mass is 470 g/mol. The molecule has 0 atom stereocenters. The molecule has 7 heteroatoms. The molecule has 6 nitrogen and oxygen atoms in total. The van der Waals surface area contributed by atoms with Gasteiger partial charge in [-0.2, -0.15) is 4.98 Å². The number of fused-ring (bicyclic) bond motifs is 1. The van der Waals surface area contributed by atoms with Gasteiger partial charge in [-0.25, -0.2) is 0 Å². The molecule has 0 fully saturated rings. The Kier molecular flexibility index (Phi) is 9.56. The molecule has 1 amide bonds.